The predicted molar refractivity (Wildman–Crippen MR) is 148 cm³/mol. The fourth-order valence-corrected chi connectivity index (χ4v) is 6.40. The van der Waals surface area contributed by atoms with Crippen LogP contribution in [0.4, 0.5) is 5.69 Å². The van der Waals surface area contributed by atoms with E-state index in [-0.39, 0.29) is 5.69 Å². The van der Waals surface area contributed by atoms with Gasteiger partial charge in [0.1, 0.15) is 0 Å². The van der Waals surface area contributed by atoms with Gasteiger partial charge in [0.05, 0.1) is 17.1 Å². The number of aromatic carboxylic acids is 1. The molecule has 37 heavy (non-hydrogen) atoms. The van der Waals surface area contributed by atoms with E-state index >= 15 is 0 Å². The number of hydrogen-bond donors (Lipinski definition) is 1. The van der Waals surface area contributed by atoms with E-state index in [1.54, 1.807) is 6.07 Å². The van der Waals surface area contributed by atoms with Gasteiger partial charge in [-0.25, -0.2) is 14.5 Å². The molecule has 3 heterocycles. The first-order chi connectivity index (χ1) is 18.0. The maximum atomic E-state index is 12.2. The van der Waals surface area contributed by atoms with Crippen LogP contribution in [0.15, 0.2) is 30.3 Å². The molecule has 7 heteroatoms. The molecule has 6 rings (SSSR count). The highest BCUT2D eigenvalue weighted by molar-refractivity contribution is 6.00. The van der Waals surface area contributed by atoms with Crippen LogP contribution in [-0.4, -0.2) is 63.0 Å². The Labute approximate surface area is 219 Å². The summed E-state index contributed by atoms with van der Waals surface area (Å²) in [4.78, 5) is 21.8. The van der Waals surface area contributed by atoms with E-state index in [0.717, 1.165) is 79.7 Å². The Bertz CT molecular complexity index is 1260. The first-order valence-corrected chi connectivity index (χ1v) is 14.3. The van der Waals surface area contributed by atoms with Crippen LogP contribution in [-0.2, 0) is 0 Å². The Balaban J connectivity index is 1.41. The van der Waals surface area contributed by atoms with Crippen LogP contribution in [0.25, 0.3) is 22.2 Å². The molecule has 1 aromatic carbocycles. The van der Waals surface area contributed by atoms with Crippen molar-refractivity contribution in [3.63, 3.8) is 0 Å². The number of rotatable bonds is 6. The molecule has 0 radical (unpaired) electrons. The topological polar surface area (TPSA) is 74.5 Å². The van der Waals surface area contributed by atoms with E-state index in [4.69, 9.17) is 10.1 Å². The lowest BCUT2D eigenvalue weighted by Crippen LogP contribution is -2.48. The highest BCUT2D eigenvalue weighted by Gasteiger charge is 2.31. The SMILES string of the molecule is CC(C)N1CCN(c2ccc(-c3cc(C(=O)O)nc4c3c(C3CCC3)nn4C3CCCCC3)cc2)CC1. The lowest BCUT2D eigenvalue weighted by atomic mass is 9.81. The van der Waals surface area contributed by atoms with Crippen molar-refractivity contribution in [3.8, 4) is 11.1 Å². The number of hydrogen-bond acceptors (Lipinski definition) is 5. The molecule has 2 saturated carbocycles. The zero-order chi connectivity index (χ0) is 25.5. The van der Waals surface area contributed by atoms with E-state index in [1.165, 1.54) is 31.4 Å². The number of carboxylic acid groups (broad SMARTS) is 1. The Hall–Kier alpha value is -2.93. The first kappa shape index (κ1) is 24.4. The van der Waals surface area contributed by atoms with E-state index in [1.807, 2.05) is 0 Å². The van der Waals surface area contributed by atoms with Gasteiger partial charge in [-0.3, -0.25) is 4.90 Å². The van der Waals surface area contributed by atoms with Gasteiger partial charge in [0.2, 0.25) is 0 Å². The molecule has 3 fully saturated rings. The number of nitrogens with zero attached hydrogens (tertiary/aromatic N) is 5. The molecule has 1 saturated heterocycles. The van der Waals surface area contributed by atoms with Crippen LogP contribution < -0.4 is 4.90 Å². The summed E-state index contributed by atoms with van der Waals surface area (Å²) in [6.07, 6.45) is 9.38. The van der Waals surface area contributed by atoms with Gasteiger partial charge in [-0.1, -0.05) is 37.8 Å². The minimum Gasteiger partial charge on any atom is -0.477 e. The molecule has 0 unspecified atom stereocenters. The summed E-state index contributed by atoms with van der Waals surface area (Å²) in [6, 6.07) is 11.4. The smallest absolute Gasteiger partial charge is 0.354 e. The Morgan fingerprint density at radius 1 is 0.946 bits per heavy atom. The van der Waals surface area contributed by atoms with Crippen LogP contribution >= 0.6 is 0 Å². The van der Waals surface area contributed by atoms with Gasteiger partial charge in [0.15, 0.2) is 11.3 Å². The molecule has 7 nitrogen and oxygen atoms in total. The maximum absolute atomic E-state index is 12.2. The van der Waals surface area contributed by atoms with Gasteiger partial charge >= 0.3 is 5.97 Å². The van der Waals surface area contributed by atoms with Crippen molar-refractivity contribution in [2.75, 3.05) is 31.1 Å². The summed E-state index contributed by atoms with van der Waals surface area (Å²) in [5, 5.41) is 16.2. The van der Waals surface area contributed by atoms with Gasteiger partial charge < -0.3 is 10.0 Å². The minimum absolute atomic E-state index is 0.105. The Kier molecular flexibility index (Phi) is 6.65. The molecular weight excluding hydrogens is 462 g/mol. The number of piperazine rings is 1. The number of benzene rings is 1. The third-order valence-corrected chi connectivity index (χ3v) is 8.91. The van der Waals surface area contributed by atoms with Crippen molar-refractivity contribution in [3.05, 3.63) is 41.7 Å². The lowest BCUT2D eigenvalue weighted by molar-refractivity contribution is 0.0691. The number of fused-ring (bicyclic) bond motifs is 1. The predicted octanol–water partition coefficient (Wildman–Crippen LogP) is 6.10. The quantitative estimate of drug-likeness (QED) is 0.440. The van der Waals surface area contributed by atoms with Crippen molar-refractivity contribution in [2.24, 2.45) is 0 Å². The number of carbonyl (C=O) groups is 1. The monoisotopic (exact) mass is 501 g/mol. The van der Waals surface area contributed by atoms with Gasteiger partial charge in [0.25, 0.3) is 0 Å². The van der Waals surface area contributed by atoms with Crippen LogP contribution in [0.3, 0.4) is 0 Å². The summed E-state index contributed by atoms with van der Waals surface area (Å²) >= 11 is 0. The lowest BCUT2D eigenvalue weighted by Gasteiger charge is -2.38. The Morgan fingerprint density at radius 3 is 2.24 bits per heavy atom. The molecule has 3 aromatic rings. The second-order valence-corrected chi connectivity index (χ2v) is 11.5. The molecule has 1 aliphatic heterocycles. The van der Waals surface area contributed by atoms with E-state index in [9.17, 15) is 9.90 Å². The average molecular weight is 502 g/mol. The van der Waals surface area contributed by atoms with E-state index in [0.29, 0.717) is 18.0 Å². The highest BCUT2D eigenvalue weighted by Crippen LogP contribution is 2.44. The number of anilines is 1. The van der Waals surface area contributed by atoms with Crippen LogP contribution in [0.1, 0.15) is 93.4 Å². The number of aromatic nitrogens is 3. The van der Waals surface area contributed by atoms with Gasteiger partial charge in [-0.2, -0.15) is 5.10 Å². The second kappa shape index (κ2) is 10.1. The fraction of sp³-hybridized carbons (Fsp3) is 0.567. The summed E-state index contributed by atoms with van der Waals surface area (Å²) in [5.74, 6) is -0.538. The number of pyridine rings is 1. The third-order valence-electron chi connectivity index (χ3n) is 8.91. The van der Waals surface area contributed by atoms with Crippen molar-refractivity contribution < 1.29 is 9.90 Å². The second-order valence-electron chi connectivity index (χ2n) is 11.5. The first-order valence-electron chi connectivity index (χ1n) is 14.3. The van der Waals surface area contributed by atoms with Crippen LogP contribution in [0.2, 0.25) is 0 Å². The van der Waals surface area contributed by atoms with Crippen molar-refractivity contribution in [1.29, 1.82) is 0 Å². The molecular formula is C30H39N5O2. The zero-order valence-corrected chi connectivity index (χ0v) is 22.2. The summed E-state index contributed by atoms with van der Waals surface area (Å²) < 4.78 is 2.10. The van der Waals surface area contributed by atoms with Crippen molar-refractivity contribution in [1.82, 2.24) is 19.7 Å². The molecule has 1 N–H and O–H groups in total. The molecule has 0 atom stereocenters. The summed E-state index contributed by atoms with van der Waals surface area (Å²) in [5.41, 5.74) is 5.23. The largest absolute Gasteiger partial charge is 0.477 e. The van der Waals surface area contributed by atoms with Crippen molar-refractivity contribution >= 4 is 22.7 Å². The summed E-state index contributed by atoms with van der Waals surface area (Å²) in [6.45, 7) is 8.74. The normalized spacial score (nSPS) is 20.0. The molecule has 2 aliphatic carbocycles. The zero-order valence-electron chi connectivity index (χ0n) is 22.2. The molecule has 3 aliphatic rings. The Morgan fingerprint density at radius 2 is 1.65 bits per heavy atom. The molecule has 0 amide bonds. The van der Waals surface area contributed by atoms with Gasteiger partial charge in [0, 0.05) is 43.8 Å². The molecule has 196 valence electrons. The number of carboxylic acids is 1. The molecule has 2 aromatic heterocycles. The maximum Gasteiger partial charge on any atom is 0.354 e. The summed E-state index contributed by atoms with van der Waals surface area (Å²) in [7, 11) is 0. The van der Waals surface area contributed by atoms with Gasteiger partial charge in [-0.15, -0.1) is 0 Å². The van der Waals surface area contributed by atoms with E-state index in [2.05, 4.69) is 52.6 Å². The van der Waals surface area contributed by atoms with E-state index < -0.39 is 5.97 Å². The van der Waals surface area contributed by atoms with Crippen LogP contribution in [0.5, 0.6) is 0 Å². The standard InChI is InChI=1S/C30H39N5O2/c1-20(2)33-15-17-34(18-16-33)23-13-11-21(12-14-23)25-19-26(30(36)37)31-29-27(25)28(22-7-6-8-22)32-35(29)24-9-4-3-5-10-24/h11-14,19-20,22,24H,3-10,15-18H2,1-2H3,(H,36,37). The fourth-order valence-electron chi connectivity index (χ4n) is 6.40. The highest BCUT2D eigenvalue weighted by atomic mass is 16.4. The minimum atomic E-state index is -0.982. The average Bonchev–Trinajstić information content (AvgIpc) is 3.27. The van der Waals surface area contributed by atoms with Crippen molar-refractivity contribution in [2.45, 2.75) is 83.2 Å². The molecule has 0 spiro atoms. The van der Waals surface area contributed by atoms with Gasteiger partial charge in [-0.05, 0) is 68.9 Å². The van der Waals surface area contributed by atoms with Crippen LogP contribution in [0, 0.1) is 0 Å². The third kappa shape index (κ3) is 4.63. The molecule has 0 bridgehead atoms.